The summed E-state index contributed by atoms with van der Waals surface area (Å²) >= 11 is 0. The van der Waals surface area contributed by atoms with Crippen LogP contribution in [-0.4, -0.2) is 5.84 Å². The van der Waals surface area contributed by atoms with E-state index in [0.29, 0.717) is 5.56 Å². The van der Waals surface area contributed by atoms with Crippen molar-refractivity contribution in [1.29, 1.82) is 5.41 Å². The van der Waals surface area contributed by atoms with E-state index in [0.717, 1.165) is 17.0 Å². The molecule has 19 heavy (non-hydrogen) atoms. The number of anilines is 1. The van der Waals surface area contributed by atoms with Gasteiger partial charge in [-0.05, 0) is 24.3 Å². The smallest absolute Gasteiger partial charge is 0.163 e. The second-order valence-corrected chi connectivity index (χ2v) is 4.20. The number of para-hydroxylation sites is 2. The zero-order chi connectivity index (χ0) is 13.2. The van der Waals surface area contributed by atoms with Crippen LogP contribution in [0, 0.1) is 5.41 Å². The van der Waals surface area contributed by atoms with Crippen molar-refractivity contribution < 1.29 is 4.84 Å². The van der Waals surface area contributed by atoms with E-state index in [1.807, 2.05) is 54.7 Å². The van der Waals surface area contributed by atoms with Crippen molar-refractivity contribution in [2.24, 2.45) is 5.73 Å². The van der Waals surface area contributed by atoms with Gasteiger partial charge in [0.05, 0.1) is 5.69 Å². The first-order chi connectivity index (χ1) is 9.25. The third kappa shape index (κ3) is 2.04. The molecule has 1 heterocycles. The van der Waals surface area contributed by atoms with Crippen LogP contribution in [0.2, 0.25) is 0 Å². The van der Waals surface area contributed by atoms with Crippen molar-refractivity contribution in [2.45, 2.75) is 0 Å². The molecule has 1 aliphatic heterocycles. The van der Waals surface area contributed by atoms with Crippen LogP contribution in [-0.2, 0) is 0 Å². The van der Waals surface area contributed by atoms with Crippen LogP contribution in [0.1, 0.15) is 11.1 Å². The van der Waals surface area contributed by atoms with E-state index in [4.69, 9.17) is 16.0 Å². The molecule has 1 aliphatic rings. The van der Waals surface area contributed by atoms with Gasteiger partial charge >= 0.3 is 0 Å². The lowest BCUT2D eigenvalue weighted by Gasteiger charge is -2.26. The number of amidine groups is 1. The minimum absolute atomic E-state index is 0.0199. The lowest BCUT2D eigenvalue weighted by atomic mass is 10.1. The Labute approximate surface area is 111 Å². The summed E-state index contributed by atoms with van der Waals surface area (Å²) in [5.41, 5.74) is 8.02. The molecular weight excluding hydrogens is 238 g/mol. The lowest BCUT2D eigenvalue weighted by Crippen LogP contribution is -2.26. The largest absolute Gasteiger partial charge is 0.384 e. The van der Waals surface area contributed by atoms with Gasteiger partial charge in [0, 0.05) is 17.3 Å². The summed E-state index contributed by atoms with van der Waals surface area (Å²) in [4.78, 5) is 5.80. The van der Waals surface area contributed by atoms with Crippen molar-refractivity contribution in [3.05, 3.63) is 65.9 Å². The number of benzene rings is 2. The summed E-state index contributed by atoms with van der Waals surface area (Å²) in [7, 11) is 0. The molecule has 4 nitrogen and oxygen atoms in total. The van der Waals surface area contributed by atoms with Crippen molar-refractivity contribution in [1.82, 2.24) is 0 Å². The van der Waals surface area contributed by atoms with E-state index in [1.54, 1.807) is 11.1 Å². The fourth-order valence-corrected chi connectivity index (χ4v) is 2.01. The average Bonchev–Trinajstić information content (AvgIpc) is 2.46. The minimum Gasteiger partial charge on any atom is -0.384 e. The quantitative estimate of drug-likeness (QED) is 0.637. The number of nitrogens with zero attached hydrogens (tertiary/aromatic N) is 1. The fraction of sp³-hybridized carbons (Fsp3) is 0. The van der Waals surface area contributed by atoms with Gasteiger partial charge in [0.2, 0.25) is 0 Å². The summed E-state index contributed by atoms with van der Waals surface area (Å²) < 4.78 is 0. The van der Waals surface area contributed by atoms with Gasteiger partial charge in [0.15, 0.2) is 5.75 Å². The van der Waals surface area contributed by atoms with Crippen LogP contribution in [0.3, 0.4) is 0 Å². The first-order valence-corrected chi connectivity index (χ1v) is 5.93. The van der Waals surface area contributed by atoms with Crippen LogP contribution >= 0.6 is 0 Å². The number of nitrogen functional groups attached to an aromatic ring is 1. The van der Waals surface area contributed by atoms with Crippen molar-refractivity contribution >= 4 is 17.6 Å². The van der Waals surface area contributed by atoms with Gasteiger partial charge in [-0.15, -0.1) is 0 Å². The topological polar surface area (TPSA) is 62.3 Å². The summed E-state index contributed by atoms with van der Waals surface area (Å²) in [6.45, 7) is 0. The van der Waals surface area contributed by atoms with Gasteiger partial charge in [-0.25, -0.2) is 0 Å². The molecule has 3 rings (SSSR count). The summed E-state index contributed by atoms with van der Waals surface area (Å²) in [6.07, 6.45) is 3.79. The lowest BCUT2D eigenvalue weighted by molar-refractivity contribution is 0.315. The number of hydroxylamine groups is 1. The molecule has 2 aromatic rings. The van der Waals surface area contributed by atoms with Crippen LogP contribution in [0.25, 0.3) is 6.08 Å². The Morgan fingerprint density at radius 1 is 1.05 bits per heavy atom. The third-order valence-corrected chi connectivity index (χ3v) is 2.94. The molecule has 4 heteroatoms. The van der Waals surface area contributed by atoms with Crippen LogP contribution in [0.5, 0.6) is 5.75 Å². The van der Waals surface area contributed by atoms with Gasteiger partial charge in [-0.1, -0.05) is 30.3 Å². The molecule has 0 aliphatic carbocycles. The highest BCUT2D eigenvalue weighted by Gasteiger charge is 2.16. The summed E-state index contributed by atoms with van der Waals surface area (Å²) in [5, 5.41) is 9.24. The Bertz CT molecular complexity index is 664. The molecule has 94 valence electrons. The molecule has 0 unspecified atom stereocenters. The Morgan fingerprint density at radius 3 is 2.63 bits per heavy atom. The number of rotatable bonds is 2. The highest BCUT2D eigenvalue weighted by Crippen LogP contribution is 2.29. The standard InChI is InChI=1S/C15H13N3O/c16-15(17)12-6-2-3-7-13(12)18-10-9-11-5-1-4-8-14(11)19-18/h1-10H,(H3,16,17). The maximum absolute atomic E-state index is 7.61. The van der Waals surface area contributed by atoms with Crippen molar-refractivity contribution in [2.75, 3.05) is 5.06 Å². The molecule has 0 spiro atoms. The molecule has 0 aromatic heterocycles. The number of nitrogens with two attached hydrogens (primary N) is 1. The van der Waals surface area contributed by atoms with Crippen molar-refractivity contribution in [3.8, 4) is 5.75 Å². The molecular formula is C15H13N3O. The SMILES string of the molecule is N=C(N)c1ccccc1N1C=Cc2ccccc2O1. The Morgan fingerprint density at radius 2 is 1.79 bits per heavy atom. The predicted octanol–water partition coefficient (Wildman–Crippen LogP) is 2.76. The Balaban J connectivity index is 2.01. The Hall–Kier alpha value is -2.75. The molecule has 0 saturated heterocycles. The highest BCUT2D eigenvalue weighted by molar-refractivity contribution is 6.00. The van der Waals surface area contributed by atoms with Gasteiger partial charge in [0.25, 0.3) is 0 Å². The van der Waals surface area contributed by atoms with Gasteiger partial charge in [0.1, 0.15) is 5.84 Å². The zero-order valence-electron chi connectivity index (χ0n) is 10.2. The maximum atomic E-state index is 7.61. The van der Waals surface area contributed by atoms with E-state index in [-0.39, 0.29) is 5.84 Å². The molecule has 3 N–H and O–H groups in total. The van der Waals surface area contributed by atoms with E-state index in [2.05, 4.69) is 0 Å². The van der Waals surface area contributed by atoms with E-state index < -0.39 is 0 Å². The Kier molecular flexibility index (Phi) is 2.68. The normalized spacial score (nSPS) is 12.7. The highest BCUT2D eigenvalue weighted by atomic mass is 16.7. The van der Waals surface area contributed by atoms with Crippen LogP contribution in [0.15, 0.2) is 54.7 Å². The molecule has 0 amide bonds. The second kappa shape index (κ2) is 4.49. The van der Waals surface area contributed by atoms with E-state index >= 15 is 0 Å². The minimum atomic E-state index is 0.0199. The van der Waals surface area contributed by atoms with Crippen LogP contribution in [0.4, 0.5) is 5.69 Å². The van der Waals surface area contributed by atoms with E-state index in [9.17, 15) is 0 Å². The molecule has 0 saturated carbocycles. The number of fused-ring (bicyclic) bond motifs is 1. The average molecular weight is 251 g/mol. The van der Waals surface area contributed by atoms with Gasteiger partial charge in [-0.2, -0.15) is 5.06 Å². The number of nitrogens with one attached hydrogen (secondary N) is 1. The molecule has 0 radical (unpaired) electrons. The molecule has 2 aromatic carbocycles. The molecule has 0 bridgehead atoms. The predicted molar refractivity (Wildman–Crippen MR) is 76.0 cm³/mol. The van der Waals surface area contributed by atoms with Gasteiger partial charge < -0.3 is 10.6 Å². The zero-order valence-corrected chi connectivity index (χ0v) is 10.2. The monoisotopic (exact) mass is 251 g/mol. The second-order valence-electron chi connectivity index (χ2n) is 4.20. The third-order valence-electron chi connectivity index (χ3n) is 2.94. The fourth-order valence-electron chi connectivity index (χ4n) is 2.01. The molecule has 0 fully saturated rings. The first kappa shape index (κ1) is 11.3. The molecule has 0 atom stereocenters. The van der Waals surface area contributed by atoms with E-state index in [1.165, 1.54) is 0 Å². The maximum Gasteiger partial charge on any atom is 0.163 e. The number of hydrogen-bond acceptors (Lipinski definition) is 3. The number of hydrogen-bond donors (Lipinski definition) is 2. The van der Waals surface area contributed by atoms with Gasteiger partial charge in [-0.3, -0.25) is 5.41 Å². The van der Waals surface area contributed by atoms with Crippen molar-refractivity contribution in [3.63, 3.8) is 0 Å². The van der Waals surface area contributed by atoms with Crippen LogP contribution < -0.4 is 15.6 Å². The summed E-state index contributed by atoms with van der Waals surface area (Å²) in [6, 6.07) is 15.2. The first-order valence-electron chi connectivity index (χ1n) is 5.93. The summed E-state index contributed by atoms with van der Waals surface area (Å²) in [5.74, 6) is 0.801.